The van der Waals surface area contributed by atoms with Crippen LogP contribution in [0.2, 0.25) is 0 Å². The number of hydrogen-bond acceptors (Lipinski definition) is 3. The van der Waals surface area contributed by atoms with Crippen molar-refractivity contribution in [3.63, 3.8) is 0 Å². The lowest BCUT2D eigenvalue weighted by Crippen LogP contribution is -2.55. The van der Waals surface area contributed by atoms with Crippen molar-refractivity contribution in [3.05, 3.63) is 32.7 Å². The highest BCUT2D eigenvalue weighted by Crippen LogP contribution is 2.26. The van der Waals surface area contributed by atoms with Crippen molar-refractivity contribution in [1.29, 1.82) is 0 Å². The molecule has 1 fully saturated rings. The monoisotopic (exact) mass is 405 g/mol. The third-order valence-electron chi connectivity index (χ3n) is 3.13. The first kappa shape index (κ1) is 15.9. The van der Waals surface area contributed by atoms with E-state index in [1.54, 1.807) is 11.0 Å². The molecule has 1 aliphatic heterocycles. The molecule has 0 saturated carbocycles. The molecule has 0 aromatic heterocycles. The lowest BCUT2D eigenvalue weighted by atomic mass is 10.0. The molecule has 4 nitrogen and oxygen atoms in total. The number of hydrogen-bond donors (Lipinski definition) is 1. The standard InChI is InChI=1S/C14H17Br2NO3/c1-14(2)8-17(6-10(7-18)20-14)13(19)11-4-3-9(15)5-12(11)16/h3-5,10,18H,6-8H2,1-2H3. The smallest absolute Gasteiger partial charge is 0.255 e. The molecule has 1 aliphatic rings. The minimum Gasteiger partial charge on any atom is -0.394 e. The Hall–Kier alpha value is -0.430. The normalized spacial score (nSPS) is 21.9. The van der Waals surface area contributed by atoms with Gasteiger partial charge in [0.15, 0.2) is 0 Å². The van der Waals surface area contributed by atoms with Gasteiger partial charge in [-0.1, -0.05) is 15.9 Å². The Morgan fingerprint density at radius 1 is 1.50 bits per heavy atom. The van der Waals surface area contributed by atoms with Gasteiger partial charge in [0.25, 0.3) is 5.91 Å². The quantitative estimate of drug-likeness (QED) is 0.821. The molecule has 0 radical (unpaired) electrons. The third kappa shape index (κ3) is 3.61. The topological polar surface area (TPSA) is 49.8 Å². The van der Waals surface area contributed by atoms with Crippen molar-refractivity contribution in [2.45, 2.75) is 25.6 Å². The molecule has 1 amide bonds. The number of carbonyl (C=O) groups is 1. The first-order valence-electron chi connectivity index (χ1n) is 6.35. The van der Waals surface area contributed by atoms with Gasteiger partial charge in [0.05, 0.1) is 23.9 Å². The van der Waals surface area contributed by atoms with E-state index in [2.05, 4.69) is 31.9 Å². The SMILES string of the molecule is CC1(C)CN(C(=O)c2ccc(Br)cc2Br)CC(CO)O1. The summed E-state index contributed by atoms with van der Waals surface area (Å²) in [4.78, 5) is 14.4. The average Bonchev–Trinajstić information content (AvgIpc) is 2.36. The molecule has 1 N–H and O–H groups in total. The van der Waals surface area contributed by atoms with Gasteiger partial charge in [0, 0.05) is 22.0 Å². The molecular formula is C14H17Br2NO3. The van der Waals surface area contributed by atoms with Crippen molar-refractivity contribution in [3.8, 4) is 0 Å². The fourth-order valence-electron chi connectivity index (χ4n) is 2.38. The number of rotatable bonds is 2. The first-order chi connectivity index (χ1) is 9.32. The van der Waals surface area contributed by atoms with Crippen LogP contribution in [-0.2, 0) is 4.74 Å². The third-order valence-corrected chi connectivity index (χ3v) is 4.28. The van der Waals surface area contributed by atoms with E-state index in [0.717, 1.165) is 8.95 Å². The van der Waals surface area contributed by atoms with E-state index in [-0.39, 0.29) is 18.6 Å². The Morgan fingerprint density at radius 3 is 2.80 bits per heavy atom. The maximum atomic E-state index is 12.6. The lowest BCUT2D eigenvalue weighted by Gasteiger charge is -2.42. The van der Waals surface area contributed by atoms with Gasteiger partial charge in [-0.3, -0.25) is 4.79 Å². The van der Waals surface area contributed by atoms with E-state index < -0.39 is 5.60 Å². The van der Waals surface area contributed by atoms with Gasteiger partial charge in [0.1, 0.15) is 0 Å². The van der Waals surface area contributed by atoms with Gasteiger partial charge in [-0.05, 0) is 48.0 Å². The van der Waals surface area contributed by atoms with Gasteiger partial charge in [-0.15, -0.1) is 0 Å². The fourth-order valence-corrected chi connectivity index (χ4v) is 3.60. The summed E-state index contributed by atoms with van der Waals surface area (Å²) in [6, 6.07) is 5.47. The summed E-state index contributed by atoms with van der Waals surface area (Å²) in [5, 5.41) is 9.31. The summed E-state index contributed by atoms with van der Waals surface area (Å²) < 4.78 is 7.39. The summed E-state index contributed by atoms with van der Waals surface area (Å²) in [6.45, 7) is 4.66. The molecule has 2 rings (SSSR count). The zero-order valence-corrected chi connectivity index (χ0v) is 14.6. The van der Waals surface area contributed by atoms with Crippen LogP contribution in [-0.4, -0.2) is 47.3 Å². The molecule has 1 aromatic rings. The fraction of sp³-hybridized carbons (Fsp3) is 0.500. The van der Waals surface area contributed by atoms with Crippen molar-refractivity contribution < 1.29 is 14.6 Å². The second-order valence-electron chi connectivity index (χ2n) is 5.49. The van der Waals surface area contributed by atoms with Gasteiger partial charge in [-0.25, -0.2) is 0 Å². The van der Waals surface area contributed by atoms with Crippen molar-refractivity contribution in [1.82, 2.24) is 4.90 Å². The Morgan fingerprint density at radius 2 is 2.20 bits per heavy atom. The molecule has 1 heterocycles. The number of morpholine rings is 1. The van der Waals surface area contributed by atoms with Crippen LogP contribution in [0.4, 0.5) is 0 Å². The number of ether oxygens (including phenoxy) is 1. The van der Waals surface area contributed by atoms with Crippen LogP contribution in [0, 0.1) is 0 Å². The molecule has 1 atom stereocenters. The molecule has 0 spiro atoms. The summed E-state index contributed by atoms with van der Waals surface area (Å²) >= 11 is 6.79. The molecule has 110 valence electrons. The van der Waals surface area contributed by atoms with E-state index in [1.807, 2.05) is 26.0 Å². The number of amides is 1. The minimum absolute atomic E-state index is 0.0563. The van der Waals surface area contributed by atoms with E-state index in [1.165, 1.54) is 0 Å². The van der Waals surface area contributed by atoms with Gasteiger partial charge in [-0.2, -0.15) is 0 Å². The zero-order valence-electron chi connectivity index (χ0n) is 11.4. The Bertz CT molecular complexity index is 519. The maximum absolute atomic E-state index is 12.6. The molecular weight excluding hydrogens is 390 g/mol. The van der Waals surface area contributed by atoms with E-state index in [4.69, 9.17) is 4.74 Å². The highest BCUT2D eigenvalue weighted by atomic mass is 79.9. The summed E-state index contributed by atoms with van der Waals surface area (Å²) in [6.07, 6.45) is -0.336. The second kappa shape index (κ2) is 6.13. The van der Waals surface area contributed by atoms with Crippen LogP contribution < -0.4 is 0 Å². The average molecular weight is 407 g/mol. The molecule has 0 bridgehead atoms. The summed E-state index contributed by atoms with van der Waals surface area (Å²) in [7, 11) is 0. The summed E-state index contributed by atoms with van der Waals surface area (Å²) in [5.74, 6) is -0.0563. The zero-order chi connectivity index (χ0) is 14.9. The van der Waals surface area contributed by atoms with Gasteiger partial charge >= 0.3 is 0 Å². The second-order valence-corrected chi connectivity index (χ2v) is 7.26. The van der Waals surface area contributed by atoms with E-state index in [9.17, 15) is 9.90 Å². The van der Waals surface area contributed by atoms with Gasteiger partial charge in [0.2, 0.25) is 0 Å². The number of benzene rings is 1. The van der Waals surface area contributed by atoms with E-state index >= 15 is 0 Å². The molecule has 1 saturated heterocycles. The minimum atomic E-state index is -0.455. The molecule has 1 aromatic carbocycles. The van der Waals surface area contributed by atoms with E-state index in [0.29, 0.717) is 18.7 Å². The van der Waals surface area contributed by atoms with Crippen molar-refractivity contribution in [2.24, 2.45) is 0 Å². The number of aliphatic hydroxyl groups is 1. The van der Waals surface area contributed by atoms with Crippen molar-refractivity contribution in [2.75, 3.05) is 19.7 Å². The first-order valence-corrected chi connectivity index (χ1v) is 7.94. The molecule has 1 unspecified atom stereocenters. The van der Waals surface area contributed by atoms with Crippen LogP contribution >= 0.6 is 31.9 Å². The van der Waals surface area contributed by atoms with Gasteiger partial charge < -0.3 is 14.7 Å². The lowest BCUT2D eigenvalue weighted by molar-refractivity contribution is -0.139. The largest absolute Gasteiger partial charge is 0.394 e. The number of carbonyl (C=O) groups excluding carboxylic acids is 1. The number of nitrogens with zero attached hydrogens (tertiary/aromatic N) is 1. The number of halogens is 2. The molecule has 0 aliphatic carbocycles. The number of aliphatic hydroxyl groups excluding tert-OH is 1. The molecule has 20 heavy (non-hydrogen) atoms. The predicted molar refractivity (Wildman–Crippen MR) is 83.8 cm³/mol. The summed E-state index contributed by atoms with van der Waals surface area (Å²) in [5.41, 5.74) is 0.158. The highest BCUT2D eigenvalue weighted by Gasteiger charge is 2.35. The van der Waals surface area contributed by atoms with Crippen molar-refractivity contribution >= 4 is 37.8 Å². The Kier molecular flexibility index (Phi) is 4.89. The Balaban J connectivity index is 2.23. The van der Waals surface area contributed by atoms with Crippen LogP contribution in [0.15, 0.2) is 27.1 Å². The van der Waals surface area contributed by atoms with Crippen LogP contribution in [0.5, 0.6) is 0 Å². The highest BCUT2D eigenvalue weighted by molar-refractivity contribution is 9.11. The van der Waals surface area contributed by atoms with Crippen LogP contribution in [0.1, 0.15) is 24.2 Å². The predicted octanol–water partition coefficient (Wildman–Crippen LogP) is 2.82. The van der Waals surface area contributed by atoms with Crippen LogP contribution in [0.25, 0.3) is 0 Å². The van der Waals surface area contributed by atoms with Crippen LogP contribution in [0.3, 0.4) is 0 Å². The Labute approximate surface area is 135 Å². The maximum Gasteiger partial charge on any atom is 0.255 e. The molecule has 6 heteroatoms.